The molecule has 2 heteroatoms. The molecule has 0 aliphatic heterocycles. The van der Waals surface area contributed by atoms with Crippen LogP contribution in [0.1, 0.15) is 23.6 Å². The molecule has 3 aromatic rings. The smallest absolute Gasteiger partial charge is 0.143 e. The number of rotatable bonds is 7. The summed E-state index contributed by atoms with van der Waals surface area (Å²) < 4.78 is 6.58. The van der Waals surface area contributed by atoms with E-state index in [1.807, 2.05) is 61.5 Å². The molecule has 0 aliphatic rings. The molecule has 0 radical (unpaired) electrons. The maximum atomic E-state index is 9.46. The molecular formula is C23H24O2. The molecule has 0 saturated carbocycles. The molecule has 3 aromatic carbocycles. The lowest BCUT2D eigenvalue weighted by atomic mass is 9.80. The molecule has 128 valence electrons. The second kappa shape index (κ2) is 8.11. The number of aliphatic hydroxyl groups is 1. The van der Waals surface area contributed by atoms with Gasteiger partial charge in [-0.1, -0.05) is 97.9 Å². The van der Waals surface area contributed by atoms with Crippen molar-refractivity contribution in [3.05, 3.63) is 108 Å². The highest BCUT2D eigenvalue weighted by Gasteiger charge is 2.37. The molecule has 2 nitrogen and oxygen atoms in total. The number of ether oxygens (including phenoxy) is 1. The topological polar surface area (TPSA) is 29.5 Å². The third-order valence-electron chi connectivity index (χ3n) is 4.44. The third kappa shape index (κ3) is 3.65. The monoisotopic (exact) mass is 332 g/mol. The molecule has 0 heterocycles. The third-order valence-corrected chi connectivity index (χ3v) is 4.44. The van der Waals surface area contributed by atoms with Gasteiger partial charge in [-0.3, -0.25) is 0 Å². The van der Waals surface area contributed by atoms with Gasteiger partial charge in [0.05, 0.1) is 6.61 Å². The van der Waals surface area contributed by atoms with Crippen molar-refractivity contribution in [2.45, 2.75) is 12.5 Å². The van der Waals surface area contributed by atoms with E-state index in [0.717, 1.165) is 16.7 Å². The fourth-order valence-electron chi connectivity index (χ4n) is 3.09. The first-order valence-corrected chi connectivity index (χ1v) is 8.68. The van der Waals surface area contributed by atoms with Gasteiger partial charge in [-0.15, -0.1) is 0 Å². The standard InChI is InChI=1S/C23H24O2/c1-19(17-24)18-25-23(20-11-5-2-6-12-20,21-13-7-3-8-14-21)22-15-9-4-10-16-22/h2-16,19,24H,17-18H2,1H3/t19-/m1/s1. The van der Waals surface area contributed by atoms with Gasteiger partial charge in [-0.05, 0) is 16.7 Å². The molecule has 0 amide bonds. The van der Waals surface area contributed by atoms with Crippen LogP contribution in [-0.2, 0) is 10.3 Å². The Morgan fingerprint density at radius 3 is 1.40 bits per heavy atom. The van der Waals surface area contributed by atoms with Crippen LogP contribution in [0.3, 0.4) is 0 Å². The molecule has 1 atom stereocenters. The van der Waals surface area contributed by atoms with E-state index in [1.54, 1.807) is 0 Å². The Bertz CT molecular complexity index is 657. The van der Waals surface area contributed by atoms with Crippen LogP contribution < -0.4 is 0 Å². The van der Waals surface area contributed by atoms with E-state index >= 15 is 0 Å². The zero-order valence-corrected chi connectivity index (χ0v) is 14.5. The summed E-state index contributed by atoms with van der Waals surface area (Å²) in [6, 6.07) is 30.9. The van der Waals surface area contributed by atoms with E-state index < -0.39 is 5.60 Å². The van der Waals surface area contributed by atoms with E-state index in [4.69, 9.17) is 4.74 Å². The van der Waals surface area contributed by atoms with Crippen molar-refractivity contribution in [2.24, 2.45) is 5.92 Å². The Morgan fingerprint density at radius 1 is 0.720 bits per heavy atom. The summed E-state index contributed by atoms with van der Waals surface area (Å²) >= 11 is 0. The lowest BCUT2D eigenvalue weighted by Crippen LogP contribution is -2.34. The average molecular weight is 332 g/mol. The van der Waals surface area contributed by atoms with Crippen LogP contribution in [0.2, 0.25) is 0 Å². The molecule has 25 heavy (non-hydrogen) atoms. The normalized spacial score (nSPS) is 12.7. The van der Waals surface area contributed by atoms with Crippen molar-refractivity contribution < 1.29 is 9.84 Å². The zero-order valence-electron chi connectivity index (χ0n) is 14.5. The predicted octanol–water partition coefficient (Wildman–Crippen LogP) is 4.62. The highest BCUT2D eigenvalue weighted by molar-refractivity contribution is 5.47. The van der Waals surface area contributed by atoms with Crippen LogP contribution in [0.15, 0.2) is 91.0 Å². The van der Waals surface area contributed by atoms with E-state index in [2.05, 4.69) is 36.4 Å². The summed E-state index contributed by atoms with van der Waals surface area (Å²) in [4.78, 5) is 0. The first-order chi connectivity index (χ1) is 12.3. The summed E-state index contributed by atoms with van der Waals surface area (Å²) in [5, 5.41) is 9.46. The van der Waals surface area contributed by atoms with Crippen LogP contribution in [0.5, 0.6) is 0 Å². The Morgan fingerprint density at radius 2 is 1.08 bits per heavy atom. The van der Waals surface area contributed by atoms with E-state index in [0.29, 0.717) is 6.61 Å². The van der Waals surface area contributed by atoms with Crippen LogP contribution in [-0.4, -0.2) is 18.3 Å². The lowest BCUT2D eigenvalue weighted by Gasteiger charge is -2.36. The highest BCUT2D eigenvalue weighted by Crippen LogP contribution is 2.40. The summed E-state index contributed by atoms with van der Waals surface area (Å²) in [6.07, 6.45) is 0. The van der Waals surface area contributed by atoms with Gasteiger partial charge in [-0.2, -0.15) is 0 Å². The van der Waals surface area contributed by atoms with Gasteiger partial charge in [0, 0.05) is 12.5 Å². The Labute approximate surface area is 149 Å². The number of hydrogen-bond donors (Lipinski definition) is 1. The Balaban J connectivity index is 2.20. The van der Waals surface area contributed by atoms with Crippen molar-refractivity contribution >= 4 is 0 Å². The second-order valence-corrected chi connectivity index (χ2v) is 6.38. The summed E-state index contributed by atoms with van der Waals surface area (Å²) in [5.74, 6) is 0.0653. The molecule has 0 aliphatic carbocycles. The van der Waals surface area contributed by atoms with Gasteiger partial charge in [0.25, 0.3) is 0 Å². The second-order valence-electron chi connectivity index (χ2n) is 6.38. The van der Waals surface area contributed by atoms with E-state index in [9.17, 15) is 5.11 Å². The molecule has 0 aromatic heterocycles. The number of hydrogen-bond acceptors (Lipinski definition) is 2. The van der Waals surface area contributed by atoms with E-state index in [1.165, 1.54) is 0 Å². The minimum Gasteiger partial charge on any atom is -0.396 e. The van der Waals surface area contributed by atoms with Crippen molar-refractivity contribution in [2.75, 3.05) is 13.2 Å². The van der Waals surface area contributed by atoms with Gasteiger partial charge in [0.2, 0.25) is 0 Å². The van der Waals surface area contributed by atoms with Gasteiger partial charge < -0.3 is 9.84 Å². The SMILES string of the molecule is C[C@H](CO)COC(c1ccccc1)(c1ccccc1)c1ccccc1. The predicted molar refractivity (Wildman–Crippen MR) is 101 cm³/mol. The maximum Gasteiger partial charge on any atom is 0.143 e. The average Bonchev–Trinajstić information content (AvgIpc) is 2.71. The molecule has 0 bridgehead atoms. The Kier molecular flexibility index (Phi) is 5.64. The lowest BCUT2D eigenvalue weighted by molar-refractivity contribution is -0.0145. The van der Waals surface area contributed by atoms with E-state index in [-0.39, 0.29) is 12.5 Å². The van der Waals surface area contributed by atoms with Crippen LogP contribution >= 0.6 is 0 Å². The van der Waals surface area contributed by atoms with Crippen LogP contribution in [0.25, 0.3) is 0 Å². The molecule has 3 rings (SSSR count). The minimum absolute atomic E-state index is 0.0653. The fourth-order valence-corrected chi connectivity index (χ4v) is 3.09. The fraction of sp³-hybridized carbons (Fsp3) is 0.217. The highest BCUT2D eigenvalue weighted by atomic mass is 16.5. The number of aliphatic hydroxyl groups excluding tert-OH is 1. The summed E-state index contributed by atoms with van der Waals surface area (Å²) in [6.45, 7) is 2.56. The maximum absolute atomic E-state index is 9.46. The molecule has 0 spiro atoms. The van der Waals surface area contributed by atoms with Crippen molar-refractivity contribution in [1.29, 1.82) is 0 Å². The van der Waals surface area contributed by atoms with Crippen molar-refractivity contribution in [3.8, 4) is 0 Å². The molecular weight excluding hydrogens is 308 g/mol. The zero-order chi connectivity index (χ0) is 17.5. The molecule has 0 unspecified atom stereocenters. The van der Waals surface area contributed by atoms with Crippen LogP contribution in [0, 0.1) is 5.92 Å². The van der Waals surface area contributed by atoms with Gasteiger partial charge >= 0.3 is 0 Å². The van der Waals surface area contributed by atoms with Crippen molar-refractivity contribution in [3.63, 3.8) is 0 Å². The molecule has 0 saturated heterocycles. The van der Waals surface area contributed by atoms with Gasteiger partial charge in [0.1, 0.15) is 5.60 Å². The van der Waals surface area contributed by atoms with Gasteiger partial charge in [-0.25, -0.2) is 0 Å². The largest absolute Gasteiger partial charge is 0.396 e. The quantitative estimate of drug-likeness (QED) is 0.640. The minimum atomic E-state index is -0.701. The van der Waals surface area contributed by atoms with Crippen molar-refractivity contribution in [1.82, 2.24) is 0 Å². The molecule has 0 fully saturated rings. The summed E-state index contributed by atoms with van der Waals surface area (Å²) in [7, 11) is 0. The summed E-state index contributed by atoms with van der Waals surface area (Å²) in [5.41, 5.74) is 2.54. The first-order valence-electron chi connectivity index (χ1n) is 8.68. The van der Waals surface area contributed by atoms with Gasteiger partial charge in [0.15, 0.2) is 0 Å². The van der Waals surface area contributed by atoms with Crippen LogP contribution in [0.4, 0.5) is 0 Å². The first kappa shape index (κ1) is 17.4. The molecule has 1 N–H and O–H groups in total. The number of benzene rings is 3. The Hall–Kier alpha value is -2.42.